The number of rotatable bonds is 6. The zero-order chi connectivity index (χ0) is 19.4. The molecule has 0 aliphatic carbocycles. The second-order valence-corrected chi connectivity index (χ2v) is 5.59. The summed E-state index contributed by atoms with van der Waals surface area (Å²) in [6, 6.07) is 8.85. The molecule has 0 radical (unpaired) electrons. The molecule has 0 unspecified atom stereocenters. The molecule has 0 saturated heterocycles. The lowest BCUT2D eigenvalue weighted by Gasteiger charge is -2.12. The van der Waals surface area contributed by atoms with Crippen LogP contribution in [0.15, 0.2) is 30.3 Å². The minimum atomic E-state index is -0.430. The van der Waals surface area contributed by atoms with E-state index in [1.807, 2.05) is 12.1 Å². The van der Waals surface area contributed by atoms with E-state index in [-0.39, 0.29) is 0 Å². The van der Waals surface area contributed by atoms with Gasteiger partial charge in [-0.3, -0.25) is 0 Å². The van der Waals surface area contributed by atoms with E-state index in [1.165, 1.54) is 7.11 Å². The lowest BCUT2D eigenvalue weighted by Crippen LogP contribution is -2.01. The quantitative estimate of drug-likeness (QED) is 0.670. The molecule has 1 heterocycles. The molecule has 3 aromatic rings. The van der Waals surface area contributed by atoms with Crippen LogP contribution in [0.4, 0.5) is 0 Å². The molecule has 1 N–H and O–H groups in total. The number of aromatic nitrogens is 2. The van der Waals surface area contributed by atoms with E-state index < -0.39 is 5.97 Å². The predicted octanol–water partition coefficient (Wildman–Crippen LogP) is 3.55. The van der Waals surface area contributed by atoms with Crippen molar-refractivity contribution in [2.45, 2.75) is 0 Å². The van der Waals surface area contributed by atoms with Gasteiger partial charge >= 0.3 is 5.97 Å². The van der Waals surface area contributed by atoms with Crippen molar-refractivity contribution in [1.29, 1.82) is 0 Å². The molecule has 0 aliphatic rings. The topological polar surface area (TPSA) is 82.7 Å². The van der Waals surface area contributed by atoms with Crippen LogP contribution in [0, 0.1) is 0 Å². The van der Waals surface area contributed by atoms with Crippen LogP contribution in [-0.4, -0.2) is 44.4 Å². The smallest absolute Gasteiger partial charge is 0.340 e. The zero-order valence-electron chi connectivity index (χ0n) is 15.5. The summed E-state index contributed by atoms with van der Waals surface area (Å²) in [5, 5.41) is 0. The molecule has 0 fully saturated rings. The number of carbonyl (C=O) groups is 1. The number of hydrogen-bond donors (Lipinski definition) is 1. The molecule has 0 bridgehead atoms. The molecule has 3 rings (SSSR count). The van der Waals surface area contributed by atoms with Gasteiger partial charge in [0.1, 0.15) is 28.6 Å². The van der Waals surface area contributed by atoms with Gasteiger partial charge in [-0.25, -0.2) is 9.78 Å². The van der Waals surface area contributed by atoms with E-state index in [4.69, 9.17) is 18.9 Å². The first-order valence-corrected chi connectivity index (χ1v) is 8.16. The van der Waals surface area contributed by atoms with Crippen molar-refractivity contribution < 1.29 is 23.7 Å². The van der Waals surface area contributed by atoms with Crippen LogP contribution in [0.1, 0.15) is 21.7 Å². The van der Waals surface area contributed by atoms with Crippen molar-refractivity contribution in [3.8, 4) is 17.2 Å². The summed E-state index contributed by atoms with van der Waals surface area (Å²) in [5.41, 5.74) is 2.45. The van der Waals surface area contributed by atoms with E-state index in [2.05, 4.69) is 9.97 Å². The molecular weight excluding hydrogens is 348 g/mol. The number of aromatic amines is 1. The average molecular weight is 368 g/mol. The van der Waals surface area contributed by atoms with Gasteiger partial charge in [-0.1, -0.05) is 6.07 Å². The molecule has 1 aromatic heterocycles. The van der Waals surface area contributed by atoms with Crippen LogP contribution >= 0.6 is 0 Å². The standard InChI is InChI=1S/C20H20N2O5/c1-24-12-10-16(25-2)13(17(11-12)26-3)8-9-18-21-15-7-5-6-14(19(15)22-18)20(23)27-4/h5-11H,1-4H3,(H,21,22). The van der Waals surface area contributed by atoms with Gasteiger partial charge in [0, 0.05) is 12.1 Å². The van der Waals surface area contributed by atoms with Gasteiger partial charge in [0.2, 0.25) is 0 Å². The van der Waals surface area contributed by atoms with E-state index in [0.29, 0.717) is 34.2 Å². The molecule has 140 valence electrons. The first-order chi connectivity index (χ1) is 13.1. The lowest BCUT2D eigenvalue weighted by atomic mass is 10.1. The molecule has 0 spiro atoms. The summed E-state index contributed by atoms with van der Waals surface area (Å²) in [5.74, 6) is 2.00. The number of H-pyrrole nitrogens is 1. The van der Waals surface area contributed by atoms with Crippen molar-refractivity contribution in [3.63, 3.8) is 0 Å². The number of esters is 1. The summed E-state index contributed by atoms with van der Waals surface area (Å²) < 4.78 is 20.9. The van der Waals surface area contributed by atoms with E-state index in [0.717, 1.165) is 11.1 Å². The second kappa shape index (κ2) is 7.82. The van der Waals surface area contributed by atoms with Gasteiger partial charge in [0.15, 0.2) is 0 Å². The van der Waals surface area contributed by atoms with Crippen LogP contribution in [-0.2, 0) is 4.74 Å². The minimum Gasteiger partial charge on any atom is -0.496 e. The van der Waals surface area contributed by atoms with Crippen molar-refractivity contribution in [2.75, 3.05) is 28.4 Å². The van der Waals surface area contributed by atoms with E-state index in [1.54, 1.807) is 51.7 Å². The number of carbonyl (C=O) groups excluding carboxylic acids is 1. The maximum Gasteiger partial charge on any atom is 0.340 e. The Morgan fingerprint density at radius 3 is 2.30 bits per heavy atom. The Hall–Kier alpha value is -3.48. The van der Waals surface area contributed by atoms with Crippen LogP contribution in [0.5, 0.6) is 17.2 Å². The summed E-state index contributed by atoms with van der Waals surface area (Å²) >= 11 is 0. The molecule has 7 heteroatoms. The maximum absolute atomic E-state index is 11.9. The number of hydrogen-bond acceptors (Lipinski definition) is 6. The van der Waals surface area contributed by atoms with Crippen molar-refractivity contribution in [3.05, 3.63) is 47.3 Å². The van der Waals surface area contributed by atoms with Gasteiger partial charge in [0.25, 0.3) is 0 Å². The second-order valence-electron chi connectivity index (χ2n) is 5.59. The molecule has 0 amide bonds. The highest BCUT2D eigenvalue weighted by Crippen LogP contribution is 2.35. The Morgan fingerprint density at radius 1 is 1.00 bits per heavy atom. The Balaban J connectivity index is 2.03. The van der Waals surface area contributed by atoms with Crippen LogP contribution in [0.3, 0.4) is 0 Å². The number of methoxy groups -OCH3 is 4. The van der Waals surface area contributed by atoms with Crippen molar-refractivity contribution in [1.82, 2.24) is 9.97 Å². The van der Waals surface area contributed by atoms with E-state index in [9.17, 15) is 4.79 Å². The monoisotopic (exact) mass is 368 g/mol. The highest BCUT2D eigenvalue weighted by Gasteiger charge is 2.14. The molecule has 0 saturated carbocycles. The Labute approximate surface area is 156 Å². The molecule has 2 aromatic carbocycles. The predicted molar refractivity (Wildman–Crippen MR) is 102 cm³/mol. The van der Waals surface area contributed by atoms with Gasteiger partial charge in [0.05, 0.1) is 45.1 Å². The maximum atomic E-state index is 11.9. The highest BCUT2D eigenvalue weighted by atomic mass is 16.5. The molecule has 27 heavy (non-hydrogen) atoms. The number of para-hydroxylation sites is 1. The largest absolute Gasteiger partial charge is 0.496 e. The van der Waals surface area contributed by atoms with Crippen LogP contribution < -0.4 is 14.2 Å². The van der Waals surface area contributed by atoms with Crippen LogP contribution in [0.25, 0.3) is 23.2 Å². The molecule has 7 nitrogen and oxygen atoms in total. The third-order valence-electron chi connectivity index (χ3n) is 4.10. The summed E-state index contributed by atoms with van der Waals surface area (Å²) in [6.07, 6.45) is 3.61. The normalized spacial score (nSPS) is 11.0. The number of fused-ring (bicyclic) bond motifs is 1. The summed E-state index contributed by atoms with van der Waals surface area (Å²) in [7, 11) is 6.08. The fraction of sp³-hybridized carbons (Fsp3) is 0.200. The summed E-state index contributed by atoms with van der Waals surface area (Å²) in [4.78, 5) is 19.6. The first-order valence-electron chi connectivity index (χ1n) is 8.16. The molecule has 0 aliphatic heterocycles. The zero-order valence-corrected chi connectivity index (χ0v) is 15.5. The highest BCUT2D eigenvalue weighted by molar-refractivity contribution is 6.02. The third kappa shape index (κ3) is 3.57. The van der Waals surface area contributed by atoms with Gasteiger partial charge < -0.3 is 23.9 Å². The lowest BCUT2D eigenvalue weighted by molar-refractivity contribution is 0.0603. The Bertz CT molecular complexity index is 982. The number of nitrogens with zero attached hydrogens (tertiary/aromatic N) is 1. The van der Waals surface area contributed by atoms with Gasteiger partial charge in [-0.2, -0.15) is 0 Å². The van der Waals surface area contributed by atoms with E-state index >= 15 is 0 Å². The van der Waals surface area contributed by atoms with Gasteiger partial charge in [-0.15, -0.1) is 0 Å². The fourth-order valence-corrected chi connectivity index (χ4v) is 2.76. The number of nitrogens with one attached hydrogen (secondary N) is 1. The Morgan fingerprint density at radius 2 is 1.70 bits per heavy atom. The SMILES string of the molecule is COC(=O)c1cccc2[nH]c(C=Cc3c(OC)cc(OC)cc3OC)nc12. The number of imidazole rings is 1. The summed E-state index contributed by atoms with van der Waals surface area (Å²) in [6.45, 7) is 0. The molecule has 0 atom stereocenters. The van der Waals surface area contributed by atoms with Crippen molar-refractivity contribution >= 4 is 29.2 Å². The molecular formula is C20H20N2O5. The third-order valence-corrected chi connectivity index (χ3v) is 4.10. The minimum absolute atomic E-state index is 0.408. The van der Waals surface area contributed by atoms with Crippen molar-refractivity contribution in [2.24, 2.45) is 0 Å². The van der Waals surface area contributed by atoms with Gasteiger partial charge in [-0.05, 0) is 24.3 Å². The fourth-order valence-electron chi connectivity index (χ4n) is 2.76. The first kappa shape index (κ1) is 18.3. The number of benzene rings is 2. The average Bonchev–Trinajstić information content (AvgIpc) is 3.13. The van der Waals surface area contributed by atoms with Crippen LogP contribution in [0.2, 0.25) is 0 Å². The Kier molecular flexibility index (Phi) is 5.30. The number of ether oxygens (including phenoxy) is 4.